The standard InChI is InChI=1S/C12H30O4S4Si2/c1-7-9-11(21(13-3)14-4)17-19-20-18-12(10-8-2)22(15-5)16-6/h11-12,21-22H,7-10H2,1-6H3. The summed E-state index contributed by atoms with van der Waals surface area (Å²) in [5, 5.41) is 0. The molecule has 0 aliphatic carbocycles. The Hall–Kier alpha value is 1.67. The SMILES string of the molecule is CCCC(SSSSC(CCC)[SiH](OC)OC)[SiH](OC)OC. The molecule has 134 valence electrons. The van der Waals surface area contributed by atoms with E-state index in [0.717, 1.165) is 25.7 Å². The zero-order valence-corrected chi connectivity index (χ0v) is 20.0. The molecule has 0 N–H and O–H groups in total. The van der Waals surface area contributed by atoms with Crippen LogP contribution in [0.4, 0.5) is 0 Å². The molecule has 0 heterocycles. The second-order valence-corrected chi connectivity index (χ2v) is 16.9. The Morgan fingerprint density at radius 3 is 1.23 bits per heavy atom. The molecule has 0 aromatic rings. The molecule has 0 amide bonds. The summed E-state index contributed by atoms with van der Waals surface area (Å²) in [6.07, 6.45) is 4.61. The van der Waals surface area contributed by atoms with Crippen LogP contribution in [0.2, 0.25) is 0 Å². The Labute approximate surface area is 154 Å². The van der Waals surface area contributed by atoms with E-state index >= 15 is 0 Å². The highest BCUT2D eigenvalue weighted by molar-refractivity contribution is 9.26. The lowest BCUT2D eigenvalue weighted by molar-refractivity contribution is 0.274. The molecular weight excluding hydrogens is 393 g/mol. The molecule has 0 spiro atoms. The fourth-order valence-corrected chi connectivity index (χ4v) is 17.3. The van der Waals surface area contributed by atoms with Crippen LogP contribution in [-0.4, -0.2) is 56.8 Å². The molecular formula is C12H30O4S4Si2. The Bertz CT molecular complexity index is 225. The van der Waals surface area contributed by atoms with Gasteiger partial charge in [-0.2, -0.15) is 0 Å². The topological polar surface area (TPSA) is 36.9 Å². The summed E-state index contributed by atoms with van der Waals surface area (Å²) in [7, 11) is 11.4. The van der Waals surface area contributed by atoms with Gasteiger partial charge in [-0.3, -0.25) is 0 Å². The van der Waals surface area contributed by atoms with Crippen molar-refractivity contribution in [1.29, 1.82) is 0 Å². The Morgan fingerprint density at radius 2 is 1.00 bits per heavy atom. The number of hydrogen-bond donors (Lipinski definition) is 0. The molecule has 0 bridgehead atoms. The molecule has 0 fully saturated rings. The van der Waals surface area contributed by atoms with Crippen LogP contribution < -0.4 is 0 Å². The fourth-order valence-electron chi connectivity index (χ4n) is 1.96. The average molecular weight is 423 g/mol. The molecule has 0 saturated heterocycles. The van der Waals surface area contributed by atoms with Crippen molar-refractivity contribution in [2.75, 3.05) is 28.4 Å². The van der Waals surface area contributed by atoms with Crippen molar-refractivity contribution in [2.45, 2.75) is 49.3 Å². The van der Waals surface area contributed by atoms with Crippen molar-refractivity contribution >= 4 is 59.8 Å². The minimum atomic E-state index is -1.56. The second kappa shape index (κ2) is 16.2. The second-order valence-electron chi connectivity index (χ2n) is 4.66. The fraction of sp³-hybridized carbons (Fsp3) is 1.00. The summed E-state index contributed by atoms with van der Waals surface area (Å²) >= 11 is 0. The molecule has 0 aromatic carbocycles. The van der Waals surface area contributed by atoms with Crippen molar-refractivity contribution in [3.63, 3.8) is 0 Å². The highest BCUT2D eigenvalue weighted by Crippen LogP contribution is 2.48. The van der Waals surface area contributed by atoms with E-state index in [9.17, 15) is 0 Å². The van der Waals surface area contributed by atoms with E-state index < -0.39 is 18.6 Å². The molecule has 0 aromatic heterocycles. The molecule has 4 nitrogen and oxygen atoms in total. The maximum atomic E-state index is 5.54. The van der Waals surface area contributed by atoms with E-state index in [1.807, 2.05) is 41.2 Å². The van der Waals surface area contributed by atoms with Crippen LogP contribution in [0.1, 0.15) is 39.5 Å². The lowest BCUT2D eigenvalue weighted by atomic mass is 10.4. The van der Waals surface area contributed by atoms with E-state index in [-0.39, 0.29) is 0 Å². The van der Waals surface area contributed by atoms with Gasteiger partial charge in [0.2, 0.25) is 0 Å². The molecule has 2 atom stereocenters. The summed E-state index contributed by atoms with van der Waals surface area (Å²) in [6, 6.07) is 0. The van der Waals surface area contributed by atoms with Gasteiger partial charge in [-0.15, -0.1) is 0 Å². The van der Waals surface area contributed by atoms with Crippen molar-refractivity contribution in [3.8, 4) is 0 Å². The van der Waals surface area contributed by atoms with Crippen molar-refractivity contribution in [1.82, 2.24) is 0 Å². The van der Waals surface area contributed by atoms with Gasteiger partial charge in [-0.25, -0.2) is 0 Å². The molecule has 0 radical (unpaired) electrons. The largest absolute Gasteiger partial charge is 0.399 e. The van der Waals surface area contributed by atoms with Gasteiger partial charge in [0.15, 0.2) is 0 Å². The van der Waals surface area contributed by atoms with Crippen LogP contribution >= 0.6 is 41.2 Å². The summed E-state index contributed by atoms with van der Waals surface area (Å²) in [4.78, 5) is 0.973. The highest BCUT2D eigenvalue weighted by Gasteiger charge is 2.27. The van der Waals surface area contributed by atoms with E-state index in [0.29, 0.717) is 9.75 Å². The maximum absolute atomic E-state index is 5.54. The normalized spacial score (nSPS) is 14.7. The van der Waals surface area contributed by atoms with Gasteiger partial charge < -0.3 is 17.7 Å². The first-order valence-electron chi connectivity index (χ1n) is 7.44. The van der Waals surface area contributed by atoms with Crippen LogP contribution in [0.3, 0.4) is 0 Å². The quantitative estimate of drug-likeness (QED) is 0.222. The highest BCUT2D eigenvalue weighted by atomic mass is 33.7. The average Bonchev–Trinajstić information content (AvgIpc) is 2.53. The predicted octanol–water partition coefficient (Wildman–Crippen LogP) is 4.11. The molecule has 0 rings (SSSR count). The van der Waals surface area contributed by atoms with Crippen LogP contribution in [-0.2, 0) is 17.7 Å². The molecule has 0 aliphatic rings. The maximum Gasteiger partial charge on any atom is 0.335 e. The third-order valence-electron chi connectivity index (χ3n) is 3.04. The number of rotatable bonds is 15. The predicted molar refractivity (Wildman–Crippen MR) is 110 cm³/mol. The molecule has 0 saturated carbocycles. The summed E-state index contributed by atoms with van der Waals surface area (Å²) in [5.74, 6) is 0. The van der Waals surface area contributed by atoms with Crippen LogP contribution in [0.15, 0.2) is 0 Å². The van der Waals surface area contributed by atoms with E-state index in [2.05, 4.69) is 13.8 Å². The smallest absolute Gasteiger partial charge is 0.335 e. The first-order valence-corrected chi connectivity index (χ1v) is 15.6. The summed E-state index contributed by atoms with van der Waals surface area (Å²) < 4.78 is 22.1. The van der Waals surface area contributed by atoms with Gasteiger partial charge in [0.25, 0.3) is 0 Å². The molecule has 10 heteroatoms. The van der Waals surface area contributed by atoms with E-state index in [4.69, 9.17) is 17.7 Å². The van der Waals surface area contributed by atoms with Crippen molar-refractivity contribution in [2.24, 2.45) is 0 Å². The Balaban J connectivity index is 4.22. The summed E-state index contributed by atoms with van der Waals surface area (Å²) in [6.45, 7) is 4.42. The first kappa shape index (κ1) is 23.7. The van der Waals surface area contributed by atoms with Gasteiger partial charge in [0, 0.05) is 28.4 Å². The van der Waals surface area contributed by atoms with Gasteiger partial charge in [-0.1, -0.05) is 48.3 Å². The zero-order chi connectivity index (χ0) is 16.8. The van der Waals surface area contributed by atoms with Crippen molar-refractivity contribution in [3.05, 3.63) is 0 Å². The third-order valence-corrected chi connectivity index (χ3v) is 16.8. The lowest BCUT2D eigenvalue weighted by Gasteiger charge is -2.22. The summed E-state index contributed by atoms with van der Waals surface area (Å²) in [5.41, 5.74) is 0. The van der Waals surface area contributed by atoms with Gasteiger partial charge in [0.05, 0.1) is 9.75 Å². The lowest BCUT2D eigenvalue weighted by Crippen LogP contribution is -2.32. The minimum absolute atomic E-state index is 0.487. The van der Waals surface area contributed by atoms with E-state index in [1.54, 1.807) is 28.4 Å². The monoisotopic (exact) mass is 422 g/mol. The van der Waals surface area contributed by atoms with Crippen LogP contribution in [0.25, 0.3) is 0 Å². The Morgan fingerprint density at radius 1 is 0.682 bits per heavy atom. The minimum Gasteiger partial charge on any atom is -0.399 e. The zero-order valence-electron chi connectivity index (χ0n) is 14.4. The third kappa shape index (κ3) is 9.85. The number of hydrogen-bond acceptors (Lipinski definition) is 8. The molecule has 0 aliphatic heterocycles. The van der Waals surface area contributed by atoms with Gasteiger partial charge >= 0.3 is 18.6 Å². The van der Waals surface area contributed by atoms with Crippen LogP contribution in [0, 0.1) is 0 Å². The molecule has 2 unspecified atom stereocenters. The van der Waals surface area contributed by atoms with Gasteiger partial charge in [-0.05, 0) is 32.5 Å². The van der Waals surface area contributed by atoms with Crippen molar-refractivity contribution < 1.29 is 17.7 Å². The van der Waals surface area contributed by atoms with E-state index in [1.165, 1.54) is 0 Å². The Kier molecular flexibility index (Phi) is 17.4. The first-order chi connectivity index (χ1) is 10.7. The van der Waals surface area contributed by atoms with Gasteiger partial charge in [0.1, 0.15) is 0 Å². The van der Waals surface area contributed by atoms with Crippen LogP contribution in [0.5, 0.6) is 0 Å². The molecule has 22 heavy (non-hydrogen) atoms.